The number of aromatic nitrogens is 2. The second-order valence-corrected chi connectivity index (χ2v) is 7.21. The normalized spacial score (nSPS) is 14.3. The van der Waals surface area contributed by atoms with Crippen LogP contribution in [0.5, 0.6) is 0 Å². The number of carbonyl (C=O) groups is 1. The lowest BCUT2D eigenvalue weighted by molar-refractivity contribution is -0.384. The first-order chi connectivity index (χ1) is 15.1. The van der Waals surface area contributed by atoms with Crippen LogP contribution < -0.4 is 5.32 Å². The molecular formula is C22H23N5O4. The van der Waals surface area contributed by atoms with Crippen LogP contribution in [0.15, 0.2) is 60.9 Å². The summed E-state index contributed by atoms with van der Waals surface area (Å²) >= 11 is 0. The average Bonchev–Trinajstić information content (AvgIpc) is 3.27. The molecule has 31 heavy (non-hydrogen) atoms. The Labute approximate surface area is 179 Å². The Hall–Kier alpha value is -3.56. The van der Waals surface area contributed by atoms with Crippen LogP contribution in [0.4, 0.5) is 11.4 Å². The van der Waals surface area contributed by atoms with E-state index in [2.05, 4.69) is 19.8 Å². The largest absolute Gasteiger partial charge is 0.379 e. The summed E-state index contributed by atoms with van der Waals surface area (Å²) in [6, 6.07) is 13.1. The van der Waals surface area contributed by atoms with Gasteiger partial charge in [-0.2, -0.15) is 0 Å². The Bertz CT molecular complexity index is 1080. The van der Waals surface area contributed by atoms with Gasteiger partial charge in [0.25, 0.3) is 11.6 Å². The monoisotopic (exact) mass is 421 g/mol. The second-order valence-electron chi connectivity index (χ2n) is 7.21. The van der Waals surface area contributed by atoms with Crippen molar-refractivity contribution in [2.24, 2.45) is 0 Å². The number of hydrogen-bond acceptors (Lipinski definition) is 6. The fourth-order valence-electron chi connectivity index (χ4n) is 3.55. The van der Waals surface area contributed by atoms with Gasteiger partial charge in [-0.1, -0.05) is 18.2 Å². The number of morpholine rings is 1. The van der Waals surface area contributed by atoms with E-state index < -0.39 is 10.8 Å². The van der Waals surface area contributed by atoms with Crippen LogP contribution in [0.25, 0.3) is 11.4 Å². The molecule has 0 aliphatic carbocycles. The zero-order valence-corrected chi connectivity index (χ0v) is 16.9. The summed E-state index contributed by atoms with van der Waals surface area (Å²) in [4.78, 5) is 30.1. The number of benzene rings is 2. The summed E-state index contributed by atoms with van der Waals surface area (Å²) in [5.74, 6) is 0.339. The summed E-state index contributed by atoms with van der Waals surface area (Å²) in [6.45, 7) is 4.99. The third-order valence-electron chi connectivity index (χ3n) is 5.21. The smallest absolute Gasteiger partial charge is 0.270 e. The lowest BCUT2D eigenvalue weighted by Crippen LogP contribution is -2.38. The molecule has 3 aromatic rings. The topological polar surface area (TPSA) is 103 Å². The van der Waals surface area contributed by atoms with Gasteiger partial charge < -0.3 is 14.6 Å². The fraction of sp³-hybridized carbons (Fsp3) is 0.273. The first-order valence-corrected chi connectivity index (χ1v) is 10.1. The van der Waals surface area contributed by atoms with Crippen LogP contribution in [0.1, 0.15) is 10.4 Å². The number of carbonyl (C=O) groups excluding carboxylic acids is 1. The zero-order valence-electron chi connectivity index (χ0n) is 16.9. The number of nitro benzene ring substituents is 1. The lowest BCUT2D eigenvalue weighted by Gasteiger charge is -2.26. The van der Waals surface area contributed by atoms with Crippen molar-refractivity contribution >= 4 is 17.3 Å². The van der Waals surface area contributed by atoms with E-state index in [1.54, 1.807) is 18.3 Å². The molecule has 9 heteroatoms. The lowest BCUT2D eigenvalue weighted by atomic mass is 10.1. The highest BCUT2D eigenvalue weighted by molar-refractivity contribution is 6.06. The van der Waals surface area contributed by atoms with Crippen molar-refractivity contribution in [1.82, 2.24) is 14.5 Å². The first-order valence-electron chi connectivity index (χ1n) is 10.1. The maximum atomic E-state index is 12.7. The second kappa shape index (κ2) is 9.50. The van der Waals surface area contributed by atoms with E-state index in [9.17, 15) is 14.9 Å². The number of para-hydroxylation sites is 1. The van der Waals surface area contributed by atoms with E-state index in [1.165, 1.54) is 18.2 Å². The van der Waals surface area contributed by atoms with Crippen LogP contribution in [0.3, 0.4) is 0 Å². The van der Waals surface area contributed by atoms with E-state index in [-0.39, 0.29) is 11.3 Å². The van der Waals surface area contributed by atoms with Crippen LogP contribution in [0, 0.1) is 10.1 Å². The van der Waals surface area contributed by atoms with Gasteiger partial charge in [0.05, 0.1) is 23.8 Å². The number of nitro groups is 1. The van der Waals surface area contributed by atoms with Crippen molar-refractivity contribution in [3.8, 4) is 11.4 Å². The molecule has 160 valence electrons. The molecule has 1 aliphatic heterocycles. The number of amides is 1. The number of non-ortho nitro benzene ring substituents is 1. The number of rotatable bonds is 7. The zero-order chi connectivity index (χ0) is 21.6. The van der Waals surface area contributed by atoms with Gasteiger partial charge in [0.1, 0.15) is 5.82 Å². The Kier molecular flexibility index (Phi) is 6.34. The minimum Gasteiger partial charge on any atom is -0.379 e. The average molecular weight is 421 g/mol. The van der Waals surface area contributed by atoms with Crippen LogP contribution >= 0.6 is 0 Å². The van der Waals surface area contributed by atoms with Gasteiger partial charge in [-0.3, -0.25) is 19.8 Å². The van der Waals surface area contributed by atoms with Crippen molar-refractivity contribution in [3.63, 3.8) is 0 Å². The minimum atomic E-state index is -0.518. The first kappa shape index (κ1) is 20.7. The number of imidazole rings is 1. The van der Waals surface area contributed by atoms with Crippen LogP contribution in [-0.2, 0) is 11.3 Å². The van der Waals surface area contributed by atoms with Crippen molar-refractivity contribution in [3.05, 3.63) is 76.6 Å². The molecule has 1 saturated heterocycles. The van der Waals surface area contributed by atoms with Gasteiger partial charge in [0, 0.05) is 61.8 Å². The van der Waals surface area contributed by atoms with Crippen LogP contribution in [0.2, 0.25) is 0 Å². The van der Waals surface area contributed by atoms with Crippen molar-refractivity contribution < 1.29 is 14.5 Å². The SMILES string of the molecule is O=C(Nc1ccccc1-c1nccn1CCN1CCOCC1)c1cccc([N+](=O)[O-])c1. The molecule has 4 rings (SSSR count). The van der Waals surface area contributed by atoms with Crippen molar-refractivity contribution in [2.75, 3.05) is 38.2 Å². The van der Waals surface area contributed by atoms with Gasteiger partial charge in [-0.05, 0) is 18.2 Å². The summed E-state index contributed by atoms with van der Waals surface area (Å²) in [7, 11) is 0. The van der Waals surface area contributed by atoms with Crippen LogP contribution in [-0.4, -0.2) is 58.1 Å². The molecule has 2 heterocycles. The van der Waals surface area contributed by atoms with Gasteiger partial charge in [0.2, 0.25) is 0 Å². The molecule has 1 aliphatic rings. The van der Waals surface area contributed by atoms with Gasteiger partial charge >= 0.3 is 0 Å². The maximum absolute atomic E-state index is 12.7. The number of ether oxygens (including phenoxy) is 1. The summed E-state index contributed by atoms with van der Waals surface area (Å²) in [5, 5.41) is 13.9. The highest BCUT2D eigenvalue weighted by Crippen LogP contribution is 2.27. The molecule has 1 fully saturated rings. The van der Waals surface area contributed by atoms with Gasteiger partial charge in [-0.25, -0.2) is 4.98 Å². The highest BCUT2D eigenvalue weighted by Gasteiger charge is 2.17. The van der Waals surface area contributed by atoms with Gasteiger partial charge in [0.15, 0.2) is 0 Å². The maximum Gasteiger partial charge on any atom is 0.270 e. The summed E-state index contributed by atoms with van der Waals surface area (Å²) in [5.41, 5.74) is 1.48. The number of hydrogen-bond donors (Lipinski definition) is 1. The molecule has 0 atom stereocenters. The highest BCUT2D eigenvalue weighted by atomic mass is 16.6. The Morgan fingerprint density at radius 2 is 1.94 bits per heavy atom. The number of nitrogens with one attached hydrogen (secondary N) is 1. The van der Waals surface area contributed by atoms with E-state index in [0.717, 1.165) is 50.8 Å². The van der Waals surface area contributed by atoms with E-state index >= 15 is 0 Å². The number of nitrogens with zero attached hydrogens (tertiary/aromatic N) is 4. The van der Waals surface area contributed by atoms with Gasteiger partial charge in [-0.15, -0.1) is 0 Å². The molecule has 1 N–H and O–H groups in total. The molecule has 2 aromatic carbocycles. The molecular weight excluding hydrogens is 398 g/mol. The molecule has 0 bridgehead atoms. The Morgan fingerprint density at radius 1 is 1.13 bits per heavy atom. The quantitative estimate of drug-likeness (QED) is 0.465. The standard InChI is InChI=1S/C22H23N5O4/c28-22(17-4-3-5-18(16-17)27(29)30)24-20-7-2-1-6-19(20)21-23-8-9-26(21)11-10-25-12-14-31-15-13-25/h1-9,16H,10-15H2,(H,24,28). The molecule has 0 saturated carbocycles. The van der Waals surface area contributed by atoms with E-state index in [0.29, 0.717) is 5.69 Å². The summed E-state index contributed by atoms with van der Waals surface area (Å²) in [6.07, 6.45) is 3.67. The molecule has 0 radical (unpaired) electrons. The third-order valence-corrected chi connectivity index (χ3v) is 5.21. The predicted molar refractivity (Wildman–Crippen MR) is 116 cm³/mol. The fourth-order valence-corrected chi connectivity index (χ4v) is 3.55. The van der Waals surface area contributed by atoms with Crippen molar-refractivity contribution in [1.29, 1.82) is 0 Å². The van der Waals surface area contributed by atoms with E-state index in [1.807, 2.05) is 24.4 Å². The molecule has 0 unspecified atom stereocenters. The minimum absolute atomic E-state index is 0.125. The third kappa shape index (κ3) is 4.96. The molecule has 9 nitrogen and oxygen atoms in total. The summed E-state index contributed by atoms with van der Waals surface area (Å²) < 4.78 is 7.46. The molecule has 0 spiro atoms. The Morgan fingerprint density at radius 3 is 2.74 bits per heavy atom. The predicted octanol–water partition coefficient (Wildman–Crippen LogP) is 3.04. The number of anilines is 1. The van der Waals surface area contributed by atoms with E-state index in [4.69, 9.17) is 4.74 Å². The molecule has 1 aromatic heterocycles. The molecule has 1 amide bonds. The Balaban J connectivity index is 1.53. The van der Waals surface area contributed by atoms with Crippen molar-refractivity contribution in [2.45, 2.75) is 6.54 Å².